The molecule has 0 fully saturated rings. The number of rotatable bonds is 4. The number of aromatic nitrogens is 4. The van der Waals surface area contributed by atoms with Crippen LogP contribution in [0.2, 0.25) is 0 Å². The molecule has 106 valence electrons. The Morgan fingerprint density at radius 2 is 2.00 bits per heavy atom. The summed E-state index contributed by atoms with van der Waals surface area (Å²) in [6.45, 7) is 5.77. The number of ether oxygens (including phenoxy) is 1. The number of hydrogen-bond acceptors (Lipinski definition) is 6. The van der Waals surface area contributed by atoms with Crippen molar-refractivity contribution in [1.29, 1.82) is 0 Å². The fourth-order valence-corrected chi connectivity index (χ4v) is 2.72. The van der Waals surface area contributed by atoms with E-state index in [4.69, 9.17) is 4.74 Å². The first-order valence-electron chi connectivity index (χ1n) is 6.14. The smallest absolute Gasteiger partial charge is 0.318 e. The molecule has 0 amide bonds. The standard InChI is InChI=1S/C13H16N4O2S/c1-8-6-5-7-9(2)11(8)17-13(14-15-16-17)20-10(3)12(18)19-4/h5-7,10H,1-4H3/t10-/m1/s1. The second-order valence-electron chi connectivity index (χ2n) is 4.40. The van der Waals surface area contributed by atoms with Crippen molar-refractivity contribution in [3.05, 3.63) is 29.3 Å². The van der Waals surface area contributed by atoms with Gasteiger partial charge in [0.2, 0.25) is 5.16 Å². The van der Waals surface area contributed by atoms with Gasteiger partial charge in [-0.2, -0.15) is 4.68 Å². The van der Waals surface area contributed by atoms with E-state index in [1.165, 1.54) is 18.9 Å². The lowest BCUT2D eigenvalue weighted by Gasteiger charge is -2.12. The number of hydrogen-bond donors (Lipinski definition) is 0. The molecule has 0 aliphatic carbocycles. The van der Waals surface area contributed by atoms with Gasteiger partial charge in [-0.1, -0.05) is 30.0 Å². The molecule has 1 heterocycles. The topological polar surface area (TPSA) is 69.9 Å². The summed E-state index contributed by atoms with van der Waals surface area (Å²) in [5, 5.41) is 11.9. The molecule has 0 N–H and O–H groups in total. The lowest BCUT2D eigenvalue weighted by Crippen LogP contribution is -2.16. The minimum Gasteiger partial charge on any atom is -0.468 e. The van der Waals surface area contributed by atoms with Crippen LogP contribution in [0, 0.1) is 13.8 Å². The molecule has 1 aromatic heterocycles. The summed E-state index contributed by atoms with van der Waals surface area (Å²) in [4.78, 5) is 11.5. The minimum absolute atomic E-state index is 0.300. The van der Waals surface area contributed by atoms with Crippen molar-refractivity contribution >= 4 is 17.7 Å². The highest BCUT2D eigenvalue weighted by atomic mass is 32.2. The van der Waals surface area contributed by atoms with Gasteiger partial charge in [0.25, 0.3) is 0 Å². The molecule has 0 bridgehead atoms. The number of carbonyl (C=O) groups excluding carboxylic acids is 1. The molecule has 7 heteroatoms. The third-order valence-corrected chi connectivity index (χ3v) is 3.92. The monoisotopic (exact) mass is 292 g/mol. The molecule has 0 aliphatic heterocycles. The van der Waals surface area contributed by atoms with Gasteiger partial charge >= 0.3 is 5.97 Å². The van der Waals surface area contributed by atoms with E-state index in [0.29, 0.717) is 5.16 Å². The van der Waals surface area contributed by atoms with E-state index in [1.807, 2.05) is 32.0 Å². The van der Waals surface area contributed by atoms with Gasteiger partial charge in [-0.25, -0.2) is 0 Å². The van der Waals surface area contributed by atoms with E-state index >= 15 is 0 Å². The predicted molar refractivity (Wildman–Crippen MR) is 76.0 cm³/mol. The molecule has 0 unspecified atom stereocenters. The Hall–Kier alpha value is -1.89. The van der Waals surface area contributed by atoms with E-state index < -0.39 is 0 Å². The summed E-state index contributed by atoms with van der Waals surface area (Å²) in [6, 6.07) is 5.99. The van der Waals surface area contributed by atoms with Crippen molar-refractivity contribution in [3.63, 3.8) is 0 Å². The van der Waals surface area contributed by atoms with Crippen LogP contribution in [0.5, 0.6) is 0 Å². The fraction of sp³-hybridized carbons (Fsp3) is 0.385. The number of tetrazole rings is 1. The summed E-state index contributed by atoms with van der Waals surface area (Å²) in [7, 11) is 1.37. The molecule has 0 saturated carbocycles. The van der Waals surface area contributed by atoms with Crippen LogP contribution in [-0.4, -0.2) is 38.5 Å². The van der Waals surface area contributed by atoms with Gasteiger partial charge in [0.1, 0.15) is 5.25 Å². The Labute approximate surface area is 121 Å². The van der Waals surface area contributed by atoms with Gasteiger partial charge in [-0.05, 0) is 42.3 Å². The van der Waals surface area contributed by atoms with Gasteiger partial charge in [0.15, 0.2) is 0 Å². The predicted octanol–water partition coefficient (Wildman–Crippen LogP) is 1.93. The molecule has 0 radical (unpaired) electrons. The number of para-hydroxylation sites is 1. The van der Waals surface area contributed by atoms with Crippen molar-refractivity contribution in [1.82, 2.24) is 20.2 Å². The lowest BCUT2D eigenvalue weighted by atomic mass is 10.1. The van der Waals surface area contributed by atoms with Crippen LogP contribution >= 0.6 is 11.8 Å². The molecule has 20 heavy (non-hydrogen) atoms. The Kier molecular flexibility index (Phi) is 4.39. The molecule has 0 aliphatic rings. The van der Waals surface area contributed by atoms with E-state index in [0.717, 1.165) is 16.8 Å². The van der Waals surface area contributed by atoms with Crippen molar-refractivity contribution in [2.24, 2.45) is 0 Å². The highest BCUT2D eigenvalue weighted by Gasteiger charge is 2.20. The molecular formula is C13H16N4O2S. The number of nitrogens with zero attached hydrogens (tertiary/aromatic N) is 4. The van der Waals surface area contributed by atoms with Gasteiger partial charge in [0.05, 0.1) is 12.8 Å². The number of methoxy groups -OCH3 is 1. The van der Waals surface area contributed by atoms with Crippen LogP contribution in [0.25, 0.3) is 5.69 Å². The molecule has 6 nitrogen and oxygen atoms in total. The summed E-state index contributed by atoms with van der Waals surface area (Å²) in [5.74, 6) is -0.300. The number of aryl methyl sites for hydroxylation is 2. The highest BCUT2D eigenvalue weighted by molar-refractivity contribution is 8.00. The van der Waals surface area contributed by atoms with E-state index in [9.17, 15) is 4.79 Å². The van der Waals surface area contributed by atoms with Gasteiger partial charge < -0.3 is 4.74 Å². The van der Waals surface area contributed by atoms with Crippen LogP contribution in [0.4, 0.5) is 0 Å². The molecule has 0 saturated heterocycles. The van der Waals surface area contributed by atoms with Crippen LogP contribution in [0.15, 0.2) is 23.4 Å². The first-order valence-corrected chi connectivity index (χ1v) is 7.02. The maximum absolute atomic E-state index is 11.5. The van der Waals surface area contributed by atoms with Crippen molar-refractivity contribution in [2.45, 2.75) is 31.2 Å². The van der Waals surface area contributed by atoms with Crippen LogP contribution in [0.3, 0.4) is 0 Å². The van der Waals surface area contributed by atoms with Crippen LogP contribution < -0.4 is 0 Å². The molecule has 2 rings (SSSR count). The summed E-state index contributed by atoms with van der Waals surface area (Å²) in [6.07, 6.45) is 0. The highest BCUT2D eigenvalue weighted by Crippen LogP contribution is 2.26. The van der Waals surface area contributed by atoms with Gasteiger partial charge in [-0.15, -0.1) is 5.10 Å². The second-order valence-corrected chi connectivity index (χ2v) is 5.70. The van der Waals surface area contributed by atoms with Crippen LogP contribution in [-0.2, 0) is 9.53 Å². The van der Waals surface area contributed by atoms with Crippen molar-refractivity contribution < 1.29 is 9.53 Å². The van der Waals surface area contributed by atoms with Gasteiger partial charge in [-0.3, -0.25) is 4.79 Å². The molecule has 1 atom stereocenters. The van der Waals surface area contributed by atoms with Crippen molar-refractivity contribution in [2.75, 3.05) is 7.11 Å². The first kappa shape index (κ1) is 14.5. The van der Waals surface area contributed by atoms with E-state index in [1.54, 1.807) is 11.6 Å². The zero-order valence-electron chi connectivity index (χ0n) is 11.8. The average Bonchev–Trinajstić information content (AvgIpc) is 2.85. The van der Waals surface area contributed by atoms with E-state index in [-0.39, 0.29) is 11.2 Å². The average molecular weight is 292 g/mol. The number of esters is 1. The lowest BCUT2D eigenvalue weighted by molar-refractivity contribution is -0.139. The summed E-state index contributed by atoms with van der Waals surface area (Å²) < 4.78 is 6.38. The largest absolute Gasteiger partial charge is 0.468 e. The second kappa shape index (κ2) is 6.04. The normalized spacial score (nSPS) is 12.2. The Morgan fingerprint density at radius 3 is 2.60 bits per heavy atom. The number of carbonyl (C=O) groups is 1. The zero-order valence-corrected chi connectivity index (χ0v) is 12.6. The maximum Gasteiger partial charge on any atom is 0.318 e. The quantitative estimate of drug-likeness (QED) is 0.633. The summed E-state index contributed by atoms with van der Waals surface area (Å²) in [5.41, 5.74) is 3.09. The Bertz CT molecular complexity index is 606. The Morgan fingerprint density at radius 1 is 1.35 bits per heavy atom. The van der Waals surface area contributed by atoms with Gasteiger partial charge in [0, 0.05) is 0 Å². The summed E-state index contributed by atoms with van der Waals surface area (Å²) >= 11 is 1.27. The minimum atomic E-state index is -0.367. The Balaban J connectivity index is 2.36. The van der Waals surface area contributed by atoms with E-state index in [2.05, 4.69) is 15.5 Å². The zero-order chi connectivity index (χ0) is 14.7. The third kappa shape index (κ3) is 2.82. The van der Waals surface area contributed by atoms with Crippen molar-refractivity contribution in [3.8, 4) is 5.69 Å². The first-order chi connectivity index (χ1) is 9.54. The molecule has 0 spiro atoms. The molecule has 1 aromatic carbocycles. The fourth-order valence-electron chi connectivity index (χ4n) is 1.90. The number of thioether (sulfide) groups is 1. The third-order valence-electron chi connectivity index (χ3n) is 2.91. The maximum atomic E-state index is 11.5. The SMILES string of the molecule is COC(=O)[C@@H](C)Sc1nnnn1-c1c(C)cccc1C. The van der Waals surface area contributed by atoms with Crippen LogP contribution in [0.1, 0.15) is 18.1 Å². The molecule has 2 aromatic rings. The number of benzene rings is 1. The molecular weight excluding hydrogens is 276 g/mol.